The molecule has 144 valence electrons. The molecule has 0 nitrogen and oxygen atoms in total. The van der Waals surface area contributed by atoms with Crippen LogP contribution < -0.4 is 0 Å². The highest BCUT2D eigenvalue weighted by molar-refractivity contribution is 5.66. The monoisotopic (exact) mass is 384 g/mol. The summed E-state index contributed by atoms with van der Waals surface area (Å²) in [6, 6.07) is 13.3. The normalized spacial score (nSPS) is 16.1. The number of benzene rings is 3. The topological polar surface area (TPSA) is 0 Å². The molecule has 0 saturated heterocycles. The average molecular weight is 384 g/mol. The fourth-order valence-corrected chi connectivity index (χ4v) is 4.02. The summed E-state index contributed by atoms with van der Waals surface area (Å²) >= 11 is 0. The van der Waals surface area contributed by atoms with Crippen molar-refractivity contribution in [3.8, 4) is 11.1 Å². The van der Waals surface area contributed by atoms with Crippen molar-refractivity contribution in [3.05, 3.63) is 94.1 Å². The summed E-state index contributed by atoms with van der Waals surface area (Å²) in [7, 11) is 0. The van der Waals surface area contributed by atoms with Gasteiger partial charge in [-0.25, -0.2) is 17.6 Å². The minimum Gasteiger partial charge on any atom is -0.206 e. The largest absolute Gasteiger partial charge is 0.206 e. The second kappa shape index (κ2) is 7.42. The van der Waals surface area contributed by atoms with Crippen molar-refractivity contribution in [2.75, 3.05) is 0 Å². The van der Waals surface area contributed by atoms with E-state index in [0.29, 0.717) is 5.92 Å². The van der Waals surface area contributed by atoms with E-state index in [9.17, 15) is 17.6 Å². The number of halogens is 4. The lowest BCUT2D eigenvalue weighted by Gasteiger charge is -2.26. The standard InChI is InChI=1S/C24H20F4/c1-2-14-3-5-15(6-4-14)16-7-8-17-10-20(21(25)11-18(17)9-16)19-12-22(26)24(28)23(27)13-19/h3-6,10-13,16H,2,7-9H2,1H3. The molecule has 4 heteroatoms. The third-order valence-corrected chi connectivity index (χ3v) is 5.67. The maximum atomic E-state index is 14.7. The molecule has 28 heavy (non-hydrogen) atoms. The van der Waals surface area contributed by atoms with Crippen molar-refractivity contribution in [1.29, 1.82) is 0 Å². The number of rotatable bonds is 3. The highest BCUT2D eigenvalue weighted by Crippen LogP contribution is 2.36. The van der Waals surface area contributed by atoms with E-state index in [-0.39, 0.29) is 11.1 Å². The second-order valence-corrected chi connectivity index (χ2v) is 7.39. The van der Waals surface area contributed by atoms with E-state index in [4.69, 9.17) is 0 Å². The van der Waals surface area contributed by atoms with Gasteiger partial charge < -0.3 is 0 Å². The molecule has 0 heterocycles. The van der Waals surface area contributed by atoms with Crippen molar-refractivity contribution < 1.29 is 17.6 Å². The highest BCUT2D eigenvalue weighted by Gasteiger charge is 2.23. The Balaban J connectivity index is 1.65. The average Bonchev–Trinajstić information content (AvgIpc) is 2.70. The maximum absolute atomic E-state index is 14.7. The fraction of sp³-hybridized carbons (Fsp3) is 0.250. The van der Waals surface area contributed by atoms with Gasteiger partial charge in [0.05, 0.1) is 0 Å². The fourth-order valence-electron chi connectivity index (χ4n) is 4.02. The minimum atomic E-state index is -1.54. The van der Waals surface area contributed by atoms with Gasteiger partial charge in [0.15, 0.2) is 17.5 Å². The summed E-state index contributed by atoms with van der Waals surface area (Å²) in [6.45, 7) is 2.12. The third kappa shape index (κ3) is 3.44. The van der Waals surface area contributed by atoms with Gasteiger partial charge in [-0.3, -0.25) is 0 Å². The van der Waals surface area contributed by atoms with Gasteiger partial charge in [0.25, 0.3) is 0 Å². The first-order valence-corrected chi connectivity index (χ1v) is 9.51. The van der Waals surface area contributed by atoms with Crippen LogP contribution >= 0.6 is 0 Å². The van der Waals surface area contributed by atoms with E-state index in [1.54, 1.807) is 6.07 Å². The SMILES string of the molecule is CCc1ccc(C2CCc3cc(-c4cc(F)c(F)c(F)c4)c(F)cc3C2)cc1. The summed E-state index contributed by atoms with van der Waals surface area (Å²) in [5.41, 5.74) is 4.53. The number of hydrogen-bond acceptors (Lipinski definition) is 0. The first-order valence-electron chi connectivity index (χ1n) is 9.51. The van der Waals surface area contributed by atoms with Crippen molar-refractivity contribution >= 4 is 0 Å². The Morgan fingerprint density at radius 2 is 1.50 bits per heavy atom. The quantitative estimate of drug-likeness (QED) is 0.346. The Morgan fingerprint density at radius 1 is 0.821 bits per heavy atom. The van der Waals surface area contributed by atoms with Crippen LogP contribution in [0.1, 0.15) is 41.5 Å². The van der Waals surface area contributed by atoms with Gasteiger partial charge in [-0.15, -0.1) is 0 Å². The molecule has 1 atom stereocenters. The molecule has 0 bridgehead atoms. The van der Waals surface area contributed by atoms with E-state index >= 15 is 0 Å². The highest BCUT2D eigenvalue weighted by atomic mass is 19.2. The zero-order chi connectivity index (χ0) is 19.8. The van der Waals surface area contributed by atoms with E-state index < -0.39 is 23.3 Å². The van der Waals surface area contributed by atoms with Crippen LogP contribution in [0.5, 0.6) is 0 Å². The van der Waals surface area contributed by atoms with Crippen LogP contribution in [0, 0.1) is 23.3 Å². The van der Waals surface area contributed by atoms with Gasteiger partial charge in [0.1, 0.15) is 5.82 Å². The van der Waals surface area contributed by atoms with Crippen LogP contribution in [0.3, 0.4) is 0 Å². The zero-order valence-electron chi connectivity index (χ0n) is 15.5. The van der Waals surface area contributed by atoms with E-state index in [2.05, 4.69) is 31.2 Å². The zero-order valence-corrected chi connectivity index (χ0v) is 15.5. The maximum Gasteiger partial charge on any atom is 0.194 e. The van der Waals surface area contributed by atoms with Crippen molar-refractivity contribution in [2.24, 2.45) is 0 Å². The number of fused-ring (bicyclic) bond motifs is 1. The molecule has 0 amide bonds. The molecule has 3 aromatic rings. The lowest BCUT2D eigenvalue weighted by molar-refractivity contribution is 0.447. The summed E-state index contributed by atoms with van der Waals surface area (Å²) in [5, 5.41) is 0. The molecule has 0 fully saturated rings. The molecule has 0 radical (unpaired) electrons. The Labute approximate surface area is 161 Å². The van der Waals surface area contributed by atoms with E-state index in [0.717, 1.165) is 48.9 Å². The Morgan fingerprint density at radius 3 is 2.14 bits per heavy atom. The molecule has 0 aliphatic heterocycles. The van der Waals surface area contributed by atoms with Crippen molar-refractivity contribution in [1.82, 2.24) is 0 Å². The molecule has 1 aliphatic carbocycles. The van der Waals surface area contributed by atoms with Gasteiger partial charge in [-0.05, 0) is 83.7 Å². The predicted octanol–water partition coefficient (Wildman–Crippen LogP) is 6.74. The smallest absolute Gasteiger partial charge is 0.194 e. The summed E-state index contributed by atoms with van der Waals surface area (Å²) in [5.74, 6) is -4.40. The third-order valence-electron chi connectivity index (χ3n) is 5.67. The lowest BCUT2D eigenvalue weighted by atomic mass is 9.79. The lowest BCUT2D eigenvalue weighted by Crippen LogP contribution is -2.13. The van der Waals surface area contributed by atoms with Crippen molar-refractivity contribution in [2.45, 2.75) is 38.5 Å². The molecule has 1 aliphatic rings. The van der Waals surface area contributed by atoms with E-state index in [1.807, 2.05) is 0 Å². The van der Waals surface area contributed by atoms with Gasteiger partial charge in [0.2, 0.25) is 0 Å². The predicted molar refractivity (Wildman–Crippen MR) is 102 cm³/mol. The summed E-state index contributed by atoms with van der Waals surface area (Å²) < 4.78 is 55.0. The van der Waals surface area contributed by atoms with Crippen LogP contribution in [-0.4, -0.2) is 0 Å². The van der Waals surface area contributed by atoms with Crippen LogP contribution in [0.25, 0.3) is 11.1 Å². The summed E-state index contributed by atoms with van der Waals surface area (Å²) in [6.07, 6.45) is 3.40. The first-order chi connectivity index (χ1) is 13.5. The Hall–Kier alpha value is -2.62. The first kappa shape index (κ1) is 18.7. The summed E-state index contributed by atoms with van der Waals surface area (Å²) in [4.78, 5) is 0. The molecular weight excluding hydrogens is 364 g/mol. The second-order valence-electron chi connectivity index (χ2n) is 7.39. The molecule has 0 spiro atoms. The Kier molecular flexibility index (Phi) is 4.96. The van der Waals surface area contributed by atoms with Gasteiger partial charge >= 0.3 is 0 Å². The molecule has 1 unspecified atom stereocenters. The van der Waals surface area contributed by atoms with Crippen LogP contribution in [0.4, 0.5) is 17.6 Å². The number of aryl methyl sites for hydroxylation is 2. The minimum absolute atomic E-state index is 0.00831. The Bertz CT molecular complexity index is 999. The van der Waals surface area contributed by atoms with Gasteiger partial charge in [-0.2, -0.15) is 0 Å². The molecular formula is C24H20F4. The van der Waals surface area contributed by atoms with Crippen molar-refractivity contribution in [3.63, 3.8) is 0 Å². The molecule has 3 aromatic carbocycles. The van der Waals surface area contributed by atoms with Crippen LogP contribution in [-0.2, 0) is 19.3 Å². The molecule has 4 rings (SSSR count). The number of hydrogen-bond donors (Lipinski definition) is 0. The van der Waals surface area contributed by atoms with Gasteiger partial charge in [0, 0.05) is 5.56 Å². The molecule has 0 aromatic heterocycles. The van der Waals surface area contributed by atoms with Crippen LogP contribution in [0.15, 0.2) is 48.5 Å². The van der Waals surface area contributed by atoms with Gasteiger partial charge in [-0.1, -0.05) is 31.2 Å². The molecule has 0 N–H and O–H groups in total. The molecule has 0 saturated carbocycles. The van der Waals surface area contributed by atoms with E-state index in [1.165, 1.54) is 17.2 Å². The van der Waals surface area contributed by atoms with Crippen LogP contribution in [0.2, 0.25) is 0 Å².